The van der Waals surface area contributed by atoms with E-state index in [1.54, 1.807) is 0 Å². The monoisotopic (exact) mass is 250 g/mol. The molecule has 1 fully saturated rings. The van der Waals surface area contributed by atoms with Gasteiger partial charge >= 0.3 is 0 Å². The standard InChI is InChI=1S/C15H26OSi/c1-6-15(16)14(11-17(3,4)5)13-9-7-12(2)8-10-13/h6,12H,1,7-11H2,2-5H3. The van der Waals surface area contributed by atoms with Gasteiger partial charge < -0.3 is 0 Å². The van der Waals surface area contributed by atoms with E-state index in [4.69, 9.17) is 0 Å². The number of rotatable bonds is 4. The van der Waals surface area contributed by atoms with E-state index >= 15 is 0 Å². The molecule has 17 heavy (non-hydrogen) atoms. The summed E-state index contributed by atoms with van der Waals surface area (Å²) in [6, 6.07) is 1.02. The molecule has 1 aliphatic carbocycles. The quantitative estimate of drug-likeness (QED) is 0.527. The average Bonchev–Trinajstić information content (AvgIpc) is 2.25. The van der Waals surface area contributed by atoms with Crippen molar-refractivity contribution in [3.8, 4) is 0 Å². The number of hydrogen-bond donors (Lipinski definition) is 0. The molecular weight excluding hydrogens is 224 g/mol. The second kappa shape index (κ2) is 5.81. The molecule has 0 aromatic carbocycles. The Hall–Kier alpha value is -0.633. The Bertz CT molecular complexity index is 323. The summed E-state index contributed by atoms with van der Waals surface area (Å²) in [7, 11) is -1.23. The molecule has 0 amide bonds. The molecule has 2 heteroatoms. The van der Waals surface area contributed by atoms with E-state index in [1.807, 2.05) is 0 Å². The lowest BCUT2D eigenvalue weighted by atomic mass is 9.84. The highest BCUT2D eigenvalue weighted by Gasteiger charge is 2.23. The lowest BCUT2D eigenvalue weighted by Gasteiger charge is -2.25. The fourth-order valence-corrected chi connectivity index (χ4v) is 3.94. The molecule has 0 aromatic rings. The van der Waals surface area contributed by atoms with Gasteiger partial charge in [0.2, 0.25) is 0 Å². The third kappa shape index (κ3) is 4.62. The first-order chi connectivity index (χ1) is 7.83. The lowest BCUT2D eigenvalue weighted by Crippen LogP contribution is -2.23. The summed E-state index contributed by atoms with van der Waals surface area (Å²) in [6.45, 7) is 12.9. The predicted octanol–water partition coefficient (Wildman–Crippen LogP) is 4.59. The second-order valence-corrected chi connectivity index (χ2v) is 12.0. The van der Waals surface area contributed by atoms with Gasteiger partial charge in [-0.3, -0.25) is 4.79 Å². The molecule has 0 aromatic heterocycles. The maximum absolute atomic E-state index is 12.0. The summed E-state index contributed by atoms with van der Waals surface area (Å²) >= 11 is 0. The SMILES string of the molecule is C=CC(=O)C(C[Si](C)(C)C)=C1CCC(C)CC1. The van der Waals surface area contributed by atoms with Gasteiger partial charge in [-0.1, -0.05) is 38.7 Å². The van der Waals surface area contributed by atoms with Crippen molar-refractivity contribution in [3.63, 3.8) is 0 Å². The Morgan fingerprint density at radius 2 is 1.88 bits per heavy atom. The maximum Gasteiger partial charge on any atom is 0.180 e. The summed E-state index contributed by atoms with van der Waals surface area (Å²) in [5.41, 5.74) is 2.53. The minimum atomic E-state index is -1.23. The molecule has 1 rings (SSSR count). The van der Waals surface area contributed by atoms with E-state index in [0.29, 0.717) is 0 Å². The molecule has 96 valence electrons. The van der Waals surface area contributed by atoms with Gasteiger partial charge in [-0.25, -0.2) is 0 Å². The average molecular weight is 250 g/mol. The zero-order valence-corrected chi connectivity index (χ0v) is 12.8. The summed E-state index contributed by atoms with van der Waals surface area (Å²) in [6.07, 6.45) is 6.24. The maximum atomic E-state index is 12.0. The summed E-state index contributed by atoms with van der Waals surface area (Å²) < 4.78 is 0. The van der Waals surface area contributed by atoms with Crippen molar-refractivity contribution in [2.24, 2.45) is 5.92 Å². The molecule has 1 aliphatic rings. The third-order valence-electron chi connectivity index (χ3n) is 3.49. The molecule has 0 radical (unpaired) electrons. The highest BCUT2D eigenvalue weighted by atomic mass is 28.3. The molecule has 0 atom stereocenters. The van der Waals surface area contributed by atoms with Gasteiger partial charge in [0.05, 0.1) is 0 Å². The van der Waals surface area contributed by atoms with E-state index < -0.39 is 8.07 Å². The molecule has 0 aliphatic heterocycles. The Morgan fingerprint density at radius 3 is 2.29 bits per heavy atom. The minimum Gasteiger partial charge on any atom is -0.290 e. The Balaban J connectivity index is 2.92. The van der Waals surface area contributed by atoms with E-state index in [2.05, 4.69) is 33.1 Å². The fourth-order valence-electron chi connectivity index (χ4n) is 2.45. The fraction of sp³-hybridized carbons (Fsp3) is 0.667. The van der Waals surface area contributed by atoms with Crippen LogP contribution in [0.15, 0.2) is 23.8 Å². The normalized spacial score (nSPS) is 21.2. The molecule has 0 N–H and O–H groups in total. The van der Waals surface area contributed by atoms with Crippen molar-refractivity contribution in [2.75, 3.05) is 0 Å². The van der Waals surface area contributed by atoms with Crippen LogP contribution in [0, 0.1) is 5.92 Å². The van der Waals surface area contributed by atoms with Gasteiger partial charge in [0.1, 0.15) is 0 Å². The van der Waals surface area contributed by atoms with Gasteiger partial charge in [0.15, 0.2) is 5.78 Å². The van der Waals surface area contributed by atoms with Gasteiger partial charge in [0, 0.05) is 8.07 Å². The zero-order chi connectivity index (χ0) is 13.1. The van der Waals surface area contributed by atoms with E-state index in [-0.39, 0.29) is 5.78 Å². The smallest absolute Gasteiger partial charge is 0.180 e. The minimum absolute atomic E-state index is 0.178. The van der Waals surface area contributed by atoms with E-state index in [0.717, 1.165) is 30.4 Å². The largest absolute Gasteiger partial charge is 0.290 e. The lowest BCUT2D eigenvalue weighted by molar-refractivity contribution is -0.111. The Morgan fingerprint density at radius 1 is 1.35 bits per heavy atom. The van der Waals surface area contributed by atoms with Crippen LogP contribution in [0.25, 0.3) is 0 Å². The topological polar surface area (TPSA) is 17.1 Å². The first-order valence-corrected chi connectivity index (χ1v) is 10.4. The molecule has 0 saturated heterocycles. The van der Waals surface area contributed by atoms with Crippen molar-refractivity contribution in [1.29, 1.82) is 0 Å². The van der Waals surface area contributed by atoms with Crippen LogP contribution in [0.1, 0.15) is 32.6 Å². The van der Waals surface area contributed by atoms with Crippen molar-refractivity contribution in [3.05, 3.63) is 23.8 Å². The van der Waals surface area contributed by atoms with Crippen LogP contribution in [0.5, 0.6) is 0 Å². The zero-order valence-electron chi connectivity index (χ0n) is 11.8. The highest BCUT2D eigenvalue weighted by molar-refractivity contribution is 6.77. The Labute approximate surface area is 107 Å². The molecule has 0 unspecified atom stereocenters. The molecule has 1 saturated carbocycles. The van der Waals surface area contributed by atoms with Crippen LogP contribution in [0.4, 0.5) is 0 Å². The molecule has 0 bridgehead atoms. The molecule has 1 nitrogen and oxygen atoms in total. The Kier molecular flexibility index (Phi) is 4.93. The van der Waals surface area contributed by atoms with Crippen LogP contribution >= 0.6 is 0 Å². The first kappa shape index (κ1) is 14.4. The van der Waals surface area contributed by atoms with Crippen molar-refractivity contribution < 1.29 is 4.79 Å². The number of hydrogen-bond acceptors (Lipinski definition) is 1. The van der Waals surface area contributed by atoms with Crippen molar-refractivity contribution >= 4 is 13.9 Å². The van der Waals surface area contributed by atoms with Crippen molar-refractivity contribution in [1.82, 2.24) is 0 Å². The highest BCUT2D eigenvalue weighted by Crippen LogP contribution is 2.33. The molecular formula is C15H26OSi. The van der Waals surface area contributed by atoms with E-state index in [9.17, 15) is 4.79 Å². The van der Waals surface area contributed by atoms with Crippen LogP contribution in [-0.2, 0) is 4.79 Å². The molecule has 0 spiro atoms. The third-order valence-corrected chi connectivity index (χ3v) is 4.91. The summed E-state index contributed by atoms with van der Waals surface area (Å²) in [5, 5.41) is 0. The number of allylic oxidation sites excluding steroid dienone is 3. The van der Waals surface area contributed by atoms with E-state index in [1.165, 1.54) is 24.5 Å². The van der Waals surface area contributed by atoms with Gasteiger partial charge in [0.25, 0.3) is 0 Å². The second-order valence-electron chi connectivity index (χ2n) is 6.57. The van der Waals surface area contributed by atoms with Crippen LogP contribution in [-0.4, -0.2) is 13.9 Å². The summed E-state index contributed by atoms with van der Waals surface area (Å²) in [5.74, 6) is 1.00. The van der Waals surface area contributed by atoms with Crippen LogP contribution < -0.4 is 0 Å². The van der Waals surface area contributed by atoms with Gasteiger partial charge in [-0.2, -0.15) is 0 Å². The summed E-state index contributed by atoms with van der Waals surface area (Å²) in [4.78, 5) is 12.0. The van der Waals surface area contributed by atoms with Crippen molar-refractivity contribution in [2.45, 2.75) is 58.3 Å². The predicted molar refractivity (Wildman–Crippen MR) is 78.0 cm³/mol. The number of carbonyl (C=O) groups excluding carboxylic acids is 1. The van der Waals surface area contributed by atoms with Crippen LogP contribution in [0.3, 0.4) is 0 Å². The first-order valence-electron chi connectivity index (χ1n) is 6.71. The van der Waals surface area contributed by atoms with Gasteiger partial charge in [-0.05, 0) is 49.3 Å². The molecule has 0 heterocycles. The van der Waals surface area contributed by atoms with Crippen LogP contribution in [0.2, 0.25) is 25.7 Å². The number of carbonyl (C=O) groups is 1. The van der Waals surface area contributed by atoms with Gasteiger partial charge in [-0.15, -0.1) is 0 Å². The number of ketones is 1.